The Kier molecular flexibility index (Phi) is 17.2. The van der Waals surface area contributed by atoms with E-state index in [1.54, 1.807) is 0 Å². The molecule has 0 saturated carbocycles. The summed E-state index contributed by atoms with van der Waals surface area (Å²) in [5.74, 6) is 0. The summed E-state index contributed by atoms with van der Waals surface area (Å²) < 4.78 is 28.9. The van der Waals surface area contributed by atoms with E-state index in [0.29, 0.717) is 6.61 Å². The maximum atomic E-state index is 7.41. The van der Waals surface area contributed by atoms with Crippen LogP contribution in [0.25, 0.3) is 0 Å². The fourth-order valence-electron chi connectivity index (χ4n) is 6.76. The Hall–Kier alpha value is 0.628. The molecule has 1 saturated heterocycles. The minimum Gasteiger partial charge on any atom is -0.415 e. The number of rotatable bonds is 21. The van der Waals surface area contributed by atoms with Crippen molar-refractivity contribution < 1.29 is 17.7 Å². The molecule has 0 radical (unpaired) electrons. The predicted octanol–water partition coefficient (Wildman–Crippen LogP) is 8.44. The van der Waals surface area contributed by atoms with Crippen LogP contribution in [0.5, 0.6) is 0 Å². The van der Waals surface area contributed by atoms with E-state index in [4.69, 9.17) is 23.4 Å². The molecule has 0 unspecified atom stereocenters. The molecule has 6 nitrogen and oxygen atoms in total. The molecule has 0 aromatic heterocycles. The average molecular weight is 635 g/mol. The summed E-state index contributed by atoms with van der Waals surface area (Å²) in [6.07, 6.45) is -0.527. The molecule has 1 aliphatic heterocycles. The molecule has 1 heterocycles. The normalized spacial score (nSPS) is 25.0. The maximum absolute atomic E-state index is 7.41. The lowest BCUT2D eigenvalue weighted by molar-refractivity contribution is -0.0826. The van der Waals surface area contributed by atoms with Gasteiger partial charge < -0.3 is 23.4 Å². The summed E-state index contributed by atoms with van der Waals surface area (Å²) >= 11 is 0. The van der Waals surface area contributed by atoms with Crippen LogP contribution in [-0.4, -0.2) is 70.4 Å². The molecule has 1 rings (SSSR count). The standard InChI is InChI=1S/C30H70N2O4Si4/c1-13-37(14-2,15-3)33-25-26-28(34-38(16-4,17-5)18-6)29(35-39(19-7,20-8)21-9)27(31)30(32-26)36-40(22-10,23-11)24-12/h26-30,32H,13-25,31H2,1-12H3/t26-,27-,28-,29-,30-/m1/s1. The lowest BCUT2D eigenvalue weighted by atomic mass is 9.94. The Morgan fingerprint density at radius 2 is 0.800 bits per heavy atom. The van der Waals surface area contributed by atoms with Gasteiger partial charge in [-0.2, -0.15) is 0 Å². The molecule has 0 spiro atoms. The number of nitrogens with two attached hydrogens (primary N) is 1. The summed E-state index contributed by atoms with van der Waals surface area (Å²) in [5.41, 5.74) is 7.26. The minimum atomic E-state index is -1.97. The molecular formula is C30H70N2O4Si4. The molecule has 1 aliphatic rings. The third kappa shape index (κ3) is 9.08. The van der Waals surface area contributed by atoms with Gasteiger partial charge in [-0.25, -0.2) is 0 Å². The maximum Gasteiger partial charge on any atom is 0.194 e. The number of nitrogens with one attached hydrogen (secondary N) is 1. The van der Waals surface area contributed by atoms with Crippen molar-refractivity contribution >= 4 is 33.3 Å². The molecule has 0 aliphatic carbocycles. The monoisotopic (exact) mass is 634 g/mol. The number of hydrogen-bond acceptors (Lipinski definition) is 6. The SMILES string of the molecule is CC[Si](CC)(CC)OC[C@H]1N[C@H](O[Si](CC)(CC)CC)[C@H](N)[C@@H](O[Si](CC)(CC)CC)[C@@H]1O[Si](CC)(CC)CC. The van der Waals surface area contributed by atoms with Crippen LogP contribution in [0.1, 0.15) is 83.1 Å². The van der Waals surface area contributed by atoms with E-state index in [-0.39, 0.29) is 30.5 Å². The molecule has 0 aromatic carbocycles. The third-order valence-corrected chi connectivity index (χ3v) is 29.8. The van der Waals surface area contributed by atoms with Crippen LogP contribution in [-0.2, 0) is 17.7 Å². The Labute approximate surface area is 254 Å². The minimum absolute atomic E-state index is 0.0115. The van der Waals surface area contributed by atoms with E-state index < -0.39 is 33.3 Å². The van der Waals surface area contributed by atoms with Crippen molar-refractivity contribution in [2.45, 2.75) is 186 Å². The van der Waals surface area contributed by atoms with Crippen molar-refractivity contribution in [1.29, 1.82) is 0 Å². The van der Waals surface area contributed by atoms with E-state index in [2.05, 4.69) is 88.4 Å². The Morgan fingerprint density at radius 3 is 1.15 bits per heavy atom. The molecule has 240 valence electrons. The van der Waals surface area contributed by atoms with E-state index in [0.717, 1.165) is 72.5 Å². The van der Waals surface area contributed by atoms with Gasteiger partial charge in [0, 0.05) is 0 Å². The average Bonchev–Trinajstić information content (AvgIpc) is 3.01. The van der Waals surface area contributed by atoms with Gasteiger partial charge in [-0.05, 0) is 72.5 Å². The lowest BCUT2D eigenvalue weighted by Crippen LogP contribution is -2.74. The van der Waals surface area contributed by atoms with Gasteiger partial charge in [0.1, 0.15) is 6.23 Å². The lowest BCUT2D eigenvalue weighted by Gasteiger charge is -2.53. The summed E-state index contributed by atoms with van der Waals surface area (Å²) in [4.78, 5) is 0. The fraction of sp³-hybridized carbons (Fsp3) is 1.00. The van der Waals surface area contributed by atoms with Gasteiger partial charge >= 0.3 is 0 Å². The number of piperidine rings is 1. The highest BCUT2D eigenvalue weighted by atomic mass is 28.4. The highest BCUT2D eigenvalue weighted by Crippen LogP contribution is 2.36. The molecule has 0 amide bonds. The molecule has 0 aromatic rings. The molecule has 1 fully saturated rings. The predicted molar refractivity (Wildman–Crippen MR) is 184 cm³/mol. The molecule has 5 atom stereocenters. The van der Waals surface area contributed by atoms with Crippen molar-refractivity contribution in [3.8, 4) is 0 Å². The summed E-state index contributed by atoms with van der Waals surface area (Å²) in [7, 11) is -7.62. The first-order valence-corrected chi connectivity index (χ1v) is 27.3. The zero-order chi connectivity index (χ0) is 30.6. The van der Waals surface area contributed by atoms with Crippen LogP contribution in [0.15, 0.2) is 0 Å². The Balaban J connectivity index is 3.70. The second-order valence-corrected chi connectivity index (χ2v) is 31.3. The van der Waals surface area contributed by atoms with Crippen LogP contribution >= 0.6 is 0 Å². The first-order valence-electron chi connectivity index (χ1n) is 17.2. The Morgan fingerprint density at radius 1 is 0.475 bits per heavy atom. The summed E-state index contributed by atoms with van der Waals surface area (Å²) in [6.45, 7) is 28.4. The summed E-state index contributed by atoms with van der Waals surface area (Å²) in [5, 5.41) is 3.94. The summed E-state index contributed by atoms with van der Waals surface area (Å²) in [6, 6.07) is 13.1. The number of hydrogen-bond donors (Lipinski definition) is 2. The van der Waals surface area contributed by atoms with Gasteiger partial charge in [0.05, 0.1) is 30.9 Å². The second-order valence-electron chi connectivity index (χ2n) is 12.3. The molecular weight excluding hydrogens is 565 g/mol. The zero-order valence-corrected chi connectivity index (χ0v) is 32.8. The van der Waals surface area contributed by atoms with Gasteiger partial charge in [0.2, 0.25) is 0 Å². The van der Waals surface area contributed by atoms with E-state index >= 15 is 0 Å². The van der Waals surface area contributed by atoms with Crippen LogP contribution < -0.4 is 11.1 Å². The fourth-order valence-corrected chi connectivity index (χ4v) is 17.9. The smallest absolute Gasteiger partial charge is 0.194 e. The van der Waals surface area contributed by atoms with Gasteiger partial charge in [-0.15, -0.1) is 0 Å². The second kappa shape index (κ2) is 17.8. The molecule has 3 N–H and O–H groups in total. The highest BCUT2D eigenvalue weighted by molar-refractivity contribution is 6.75. The quantitative estimate of drug-likeness (QED) is 0.123. The van der Waals surface area contributed by atoms with Crippen LogP contribution in [0.4, 0.5) is 0 Å². The van der Waals surface area contributed by atoms with Gasteiger partial charge in [-0.3, -0.25) is 5.32 Å². The third-order valence-electron chi connectivity index (χ3n) is 11.3. The van der Waals surface area contributed by atoms with Crippen molar-refractivity contribution in [3.05, 3.63) is 0 Å². The first-order chi connectivity index (χ1) is 19.0. The largest absolute Gasteiger partial charge is 0.415 e. The van der Waals surface area contributed by atoms with E-state index in [1.807, 2.05) is 0 Å². The molecule has 40 heavy (non-hydrogen) atoms. The van der Waals surface area contributed by atoms with Gasteiger partial charge in [0.15, 0.2) is 33.3 Å². The van der Waals surface area contributed by atoms with Crippen molar-refractivity contribution in [2.75, 3.05) is 6.61 Å². The molecule has 10 heteroatoms. The highest BCUT2D eigenvalue weighted by Gasteiger charge is 2.52. The molecule has 0 bridgehead atoms. The van der Waals surface area contributed by atoms with Gasteiger partial charge in [0.25, 0.3) is 0 Å². The van der Waals surface area contributed by atoms with E-state index in [9.17, 15) is 0 Å². The van der Waals surface area contributed by atoms with Crippen LogP contribution in [0.2, 0.25) is 72.5 Å². The van der Waals surface area contributed by atoms with Gasteiger partial charge in [-0.1, -0.05) is 83.1 Å². The van der Waals surface area contributed by atoms with Crippen molar-refractivity contribution in [1.82, 2.24) is 5.32 Å². The van der Waals surface area contributed by atoms with Crippen LogP contribution in [0.3, 0.4) is 0 Å². The first kappa shape index (κ1) is 38.7. The topological polar surface area (TPSA) is 75.0 Å². The van der Waals surface area contributed by atoms with Crippen LogP contribution in [0, 0.1) is 0 Å². The Bertz CT molecular complexity index is 634. The van der Waals surface area contributed by atoms with Crippen molar-refractivity contribution in [2.24, 2.45) is 5.73 Å². The zero-order valence-electron chi connectivity index (χ0n) is 28.8. The van der Waals surface area contributed by atoms with Crippen molar-refractivity contribution in [3.63, 3.8) is 0 Å². The van der Waals surface area contributed by atoms with E-state index in [1.165, 1.54) is 0 Å².